The molecule has 0 bridgehead atoms. The van der Waals surface area contributed by atoms with Crippen molar-refractivity contribution in [1.82, 2.24) is 19.7 Å². The van der Waals surface area contributed by atoms with Crippen LogP contribution in [0.25, 0.3) is 33.7 Å². The number of imidazole rings is 1. The van der Waals surface area contributed by atoms with Crippen LogP contribution in [0.15, 0.2) is 54.7 Å². The van der Waals surface area contributed by atoms with E-state index in [0.29, 0.717) is 5.02 Å². The van der Waals surface area contributed by atoms with Gasteiger partial charge in [-0.25, -0.2) is 4.98 Å². The molecule has 0 spiro atoms. The summed E-state index contributed by atoms with van der Waals surface area (Å²) in [5, 5.41) is 5.26. The molecule has 0 unspecified atom stereocenters. The lowest BCUT2D eigenvalue weighted by Crippen LogP contribution is -1.87. The van der Waals surface area contributed by atoms with Crippen molar-refractivity contribution in [2.75, 3.05) is 0 Å². The second-order valence-electron chi connectivity index (χ2n) is 5.18. The van der Waals surface area contributed by atoms with E-state index in [-0.39, 0.29) is 0 Å². The third-order valence-electron chi connectivity index (χ3n) is 3.57. The minimum absolute atomic E-state index is 0.693. The molecule has 1 N–H and O–H groups in total. The van der Waals surface area contributed by atoms with Gasteiger partial charge in [0.15, 0.2) is 0 Å². The minimum atomic E-state index is 0.693. The maximum absolute atomic E-state index is 6.11. The Morgan fingerprint density at radius 1 is 1.09 bits per heavy atom. The van der Waals surface area contributed by atoms with Crippen LogP contribution in [0, 0.1) is 0 Å². The molecule has 22 heavy (non-hydrogen) atoms. The fraction of sp³-hybridized carbons (Fsp3) is 0.0588. The van der Waals surface area contributed by atoms with E-state index in [1.165, 1.54) is 0 Å². The number of nitrogens with one attached hydrogen (secondary N) is 1. The van der Waals surface area contributed by atoms with Crippen LogP contribution in [-0.4, -0.2) is 19.7 Å². The Kier molecular flexibility index (Phi) is 2.98. The zero-order valence-electron chi connectivity index (χ0n) is 11.9. The van der Waals surface area contributed by atoms with Crippen LogP contribution in [-0.2, 0) is 7.05 Å². The first-order valence-corrected chi connectivity index (χ1v) is 7.33. The van der Waals surface area contributed by atoms with Gasteiger partial charge in [-0.3, -0.25) is 4.68 Å². The number of nitrogens with zero attached hydrogens (tertiary/aromatic N) is 3. The zero-order valence-corrected chi connectivity index (χ0v) is 12.7. The zero-order chi connectivity index (χ0) is 15.1. The maximum Gasteiger partial charge on any atom is 0.142 e. The monoisotopic (exact) mass is 308 g/mol. The Morgan fingerprint density at radius 2 is 1.95 bits per heavy atom. The molecule has 2 heterocycles. The van der Waals surface area contributed by atoms with Gasteiger partial charge in [0.2, 0.25) is 0 Å². The van der Waals surface area contributed by atoms with E-state index in [1.54, 1.807) is 4.68 Å². The van der Waals surface area contributed by atoms with Gasteiger partial charge >= 0.3 is 0 Å². The summed E-state index contributed by atoms with van der Waals surface area (Å²) in [6.45, 7) is 0. The van der Waals surface area contributed by atoms with Crippen molar-refractivity contribution in [3.63, 3.8) is 0 Å². The fourth-order valence-corrected chi connectivity index (χ4v) is 2.78. The highest BCUT2D eigenvalue weighted by Gasteiger charge is 2.15. The van der Waals surface area contributed by atoms with Gasteiger partial charge in [-0.2, -0.15) is 5.10 Å². The summed E-state index contributed by atoms with van der Waals surface area (Å²) in [4.78, 5) is 8.02. The normalized spacial score (nSPS) is 11.2. The van der Waals surface area contributed by atoms with Gasteiger partial charge in [-0.15, -0.1) is 0 Å². The molecule has 4 rings (SSSR count). The average Bonchev–Trinajstić information content (AvgIpc) is 3.10. The average molecular weight is 309 g/mol. The van der Waals surface area contributed by atoms with Crippen molar-refractivity contribution >= 4 is 22.6 Å². The molecule has 0 saturated carbocycles. The quantitative estimate of drug-likeness (QED) is 0.600. The molecule has 0 atom stereocenters. The lowest BCUT2D eigenvalue weighted by atomic mass is 10.1. The second-order valence-corrected chi connectivity index (χ2v) is 5.61. The summed E-state index contributed by atoms with van der Waals surface area (Å²) in [5.41, 5.74) is 4.75. The largest absolute Gasteiger partial charge is 0.338 e. The summed E-state index contributed by atoms with van der Waals surface area (Å²) in [5.74, 6) is 0.810. The standard InChI is InChI=1S/C17H13ClN4/c1-22-10-13(16(21-22)11-5-4-6-12(18)9-11)17-19-14-7-2-3-8-15(14)20-17/h2-10H,1H3,(H,19,20). The van der Waals surface area contributed by atoms with Crippen LogP contribution in [0.4, 0.5) is 0 Å². The number of para-hydroxylation sites is 2. The van der Waals surface area contributed by atoms with E-state index in [9.17, 15) is 0 Å². The highest BCUT2D eigenvalue weighted by atomic mass is 35.5. The molecular formula is C17H13ClN4. The molecule has 0 aliphatic heterocycles. The van der Waals surface area contributed by atoms with Crippen molar-refractivity contribution < 1.29 is 0 Å². The molecule has 0 radical (unpaired) electrons. The van der Waals surface area contributed by atoms with E-state index in [1.807, 2.05) is 61.8 Å². The minimum Gasteiger partial charge on any atom is -0.338 e. The molecule has 2 aromatic carbocycles. The molecule has 4 aromatic rings. The highest BCUT2D eigenvalue weighted by molar-refractivity contribution is 6.30. The number of benzene rings is 2. The number of halogens is 1. The number of hydrogen-bond donors (Lipinski definition) is 1. The first-order valence-electron chi connectivity index (χ1n) is 6.95. The van der Waals surface area contributed by atoms with Gasteiger partial charge < -0.3 is 4.98 Å². The molecule has 5 heteroatoms. The molecule has 4 nitrogen and oxygen atoms in total. The lowest BCUT2D eigenvalue weighted by Gasteiger charge is -2.00. The van der Waals surface area contributed by atoms with Gasteiger partial charge in [-0.05, 0) is 24.3 Å². The summed E-state index contributed by atoms with van der Waals surface area (Å²) in [7, 11) is 1.90. The van der Waals surface area contributed by atoms with E-state index in [4.69, 9.17) is 11.6 Å². The van der Waals surface area contributed by atoms with Crippen molar-refractivity contribution in [2.45, 2.75) is 0 Å². The number of fused-ring (bicyclic) bond motifs is 1. The van der Waals surface area contributed by atoms with E-state index >= 15 is 0 Å². The third kappa shape index (κ3) is 2.18. The molecule has 108 valence electrons. The smallest absolute Gasteiger partial charge is 0.142 e. The van der Waals surface area contributed by atoms with Gasteiger partial charge in [0.1, 0.15) is 11.5 Å². The van der Waals surface area contributed by atoms with E-state index < -0.39 is 0 Å². The Hall–Kier alpha value is -2.59. The third-order valence-corrected chi connectivity index (χ3v) is 3.81. The van der Waals surface area contributed by atoms with Gasteiger partial charge in [0.25, 0.3) is 0 Å². The van der Waals surface area contributed by atoms with E-state index in [2.05, 4.69) is 15.1 Å². The molecule has 0 saturated heterocycles. The lowest BCUT2D eigenvalue weighted by molar-refractivity contribution is 0.771. The van der Waals surface area contributed by atoms with Crippen molar-refractivity contribution in [2.24, 2.45) is 7.05 Å². The van der Waals surface area contributed by atoms with Gasteiger partial charge in [-0.1, -0.05) is 35.9 Å². The Balaban J connectivity index is 1.92. The van der Waals surface area contributed by atoms with Crippen LogP contribution < -0.4 is 0 Å². The molecule has 0 aliphatic carbocycles. The maximum atomic E-state index is 6.11. The van der Waals surface area contributed by atoms with Crippen LogP contribution >= 0.6 is 11.6 Å². The number of hydrogen-bond acceptors (Lipinski definition) is 2. The van der Waals surface area contributed by atoms with E-state index in [0.717, 1.165) is 33.7 Å². The number of H-pyrrole nitrogens is 1. The topological polar surface area (TPSA) is 46.5 Å². The van der Waals surface area contributed by atoms with Crippen LogP contribution in [0.1, 0.15) is 0 Å². The van der Waals surface area contributed by atoms with Crippen molar-refractivity contribution in [3.8, 4) is 22.6 Å². The molecule has 0 aliphatic rings. The predicted octanol–water partition coefficient (Wildman–Crippen LogP) is 4.28. The fourth-order valence-electron chi connectivity index (χ4n) is 2.59. The summed E-state index contributed by atoms with van der Waals surface area (Å²) < 4.78 is 1.79. The summed E-state index contributed by atoms with van der Waals surface area (Å²) in [6, 6.07) is 15.7. The number of rotatable bonds is 2. The Morgan fingerprint density at radius 3 is 2.77 bits per heavy atom. The molecule has 2 aromatic heterocycles. The second kappa shape index (κ2) is 5.00. The summed E-state index contributed by atoms with van der Waals surface area (Å²) in [6.07, 6.45) is 1.97. The molecule has 0 fully saturated rings. The number of aromatic nitrogens is 4. The Bertz CT molecular complexity index is 935. The van der Waals surface area contributed by atoms with Gasteiger partial charge in [0.05, 0.1) is 16.6 Å². The SMILES string of the molecule is Cn1cc(-c2nc3ccccc3[nH]2)c(-c2cccc(Cl)c2)n1. The molecular weight excluding hydrogens is 296 g/mol. The number of aromatic amines is 1. The van der Waals surface area contributed by atoms with Crippen LogP contribution in [0.3, 0.4) is 0 Å². The Labute approximate surface area is 132 Å². The first kappa shape index (κ1) is 13.1. The van der Waals surface area contributed by atoms with Crippen LogP contribution in [0.2, 0.25) is 5.02 Å². The predicted molar refractivity (Wildman–Crippen MR) is 88.7 cm³/mol. The van der Waals surface area contributed by atoms with Crippen LogP contribution in [0.5, 0.6) is 0 Å². The highest BCUT2D eigenvalue weighted by Crippen LogP contribution is 2.31. The van der Waals surface area contributed by atoms with Crippen molar-refractivity contribution in [1.29, 1.82) is 0 Å². The van der Waals surface area contributed by atoms with Gasteiger partial charge in [0, 0.05) is 23.8 Å². The first-order chi connectivity index (χ1) is 10.7. The number of aryl methyl sites for hydroxylation is 1. The summed E-state index contributed by atoms with van der Waals surface area (Å²) >= 11 is 6.11. The van der Waals surface area contributed by atoms with Crippen molar-refractivity contribution in [3.05, 3.63) is 59.8 Å². The molecule has 0 amide bonds.